The fourth-order valence-corrected chi connectivity index (χ4v) is 3.83. The molecule has 26 heavy (non-hydrogen) atoms. The monoisotopic (exact) mass is 378 g/mol. The molecular formula is C18H23FN4O2S. The van der Waals surface area contributed by atoms with Gasteiger partial charge in [0, 0.05) is 19.3 Å². The van der Waals surface area contributed by atoms with E-state index in [0.29, 0.717) is 25.3 Å². The van der Waals surface area contributed by atoms with Crippen LogP contribution in [0.4, 0.5) is 10.2 Å². The van der Waals surface area contributed by atoms with Crippen LogP contribution in [0.5, 0.6) is 0 Å². The zero-order valence-electron chi connectivity index (χ0n) is 15.1. The van der Waals surface area contributed by atoms with E-state index in [1.165, 1.54) is 28.7 Å². The molecule has 2 rings (SSSR count). The van der Waals surface area contributed by atoms with Crippen molar-refractivity contribution in [1.82, 2.24) is 9.29 Å². The number of hydrazone groups is 1. The number of hydrogen-bond donors (Lipinski definition) is 1. The summed E-state index contributed by atoms with van der Waals surface area (Å²) in [7, 11) is -3.53. The summed E-state index contributed by atoms with van der Waals surface area (Å²) in [6.45, 7) is 6.33. The van der Waals surface area contributed by atoms with Gasteiger partial charge in [-0.3, -0.25) is 5.43 Å². The van der Waals surface area contributed by atoms with E-state index in [9.17, 15) is 12.8 Å². The second kappa shape index (κ2) is 8.86. The topological polar surface area (TPSA) is 74.7 Å². The van der Waals surface area contributed by atoms with Gasteiger partial charge in [-0.05, 0) is 36.2 Å². The minimum absolute atomic E-state index is 0.143. The molecule has 0 unspecified atom stereocenters. The molecule has 0 amide bonds. The van der Waals surface area contributed by atoms with Gasteiger partial charge < -0.3 is 0 Å². The van der Waals surface area contributed by atoms with Crippen molar-refractivity contribution in [1.29, 1.82) is 0 Å². The first-order valence-corrected chi connectivity index (χ1v) is 9.91. The summed E-state index contributed by atoms with van der Waals surface area (Å²) < 4.78 is 39.3. The fourth-order valence-electron chi connectivity index (χ4n) is 2.43. The Balaban J connectivity index is 2.17. The molecule has 0 aliphatic rings. The molecule has 0 fully saturated rings. The molecule has 0 aliphatic heterocycles. The van der Waals surface area contributed by atoms with Crippen LogP contribution in [0.15, 0.2) is 52.6 Å². The molecule has 0 aliphatic carbocycles. The summed E-state index contributed by atoms with van der Waals surface area (Å²) in [5, 5.41) is 4.29. The highest BCUT2D eigenvalue weighted by Gasteiger charge is 2.21. The van der Waals surface area contributed by atoms with Crippen molar-refractivity contribution < 1.29 is 12.8 Å². The van der Waals surface area contributed by atoms with Crippen molar-refractivity contribution in [3.63, 3.8) is 0 Å². The molecular weight excluding hydrogens is 355 g/mol. The van der Waals surface area contributed by atoms with Crippen molar-refractivity contribution >= 4 is 21.6 Å². The maximum absolute atomic E-state index is 13.0. The summed E-state index contributed by atoms with van der Waals surface area (Å²) in [6.07, 6.45) is 1.96. The molecule has 6 nitrogen and oxygen atoms in total. The summed E-state index contributed by atoms with van der Waals surface area (Å²) in [6, 6.07) is 9.15. The van der Waals surface area contributed by atoms with E-state index in [2.05, 4.69) is 15.5 Å². The van der Waals surface area contributed by atoms with Crippen LogP contribution in [0.25, 0.3) is 0 Å². The minimum atomic E-state index is -3.53. The van der Waals surface area contributed by atoms with E-state index in [0.717, 1.165) is 11.3 Å². The highest BCUT2D eigenvalue weighted by atomic mass is 32.2. The van der Waals surface area contributed by atoms with Crippen LogP contribution in [0.2, 0.25) is 0 Å². The number of rotatable bonds is 8. The van der Waals surface area contributed by atoms with E-state index in [1.54, 1.807) is 32.0 Å². The third-order valence-corrected chi connectivity index (χ3v) is 5.93. The Morgan fingerprint density at radius 1 is 1.12 bits per heavy atom. The first kappa shape index (κ1) is 20.0. The van der Waals surface area contributed by atoms with E-state index in [4.69, 9.17) is 0 Å². The number of anilines is 1. The number of halogens is 1. The summed E-state index contributed by atoms with van der Waals surface area (Å²) in [5.41, 5.74) is 4.37. The van der Waals surface area contributed by atoms with Crippen LogP contribution < -0.4 is 5.43 Å². The van der Waals surface area contributed by atoms with Gasteiger partial charge in [-0.15, -0.1) is 0 Å². The van der Waals surface area contributed by atoms with Gasteiger partial charge in [-0.2, -0.15) is 9.41 Å². The highest BCUT2D eigenvalue weighted by molar-refractivity contribution is 7.89. The molecule has 1 aromatic carbocycles. The Kier molecular flexibility index (Phi) is 6.82. The van der Waals surface area contributed by atoms with Crippen molar-refractivity contribution in [3.8, 4) is 0 Å². The minimum Gasteiger partial charge on any atom is -0.261 e. The lowest BCUT2D eigenvalue weighted by Gasteiger charge is -2.18. The predicted molar refractivity (Wildman–Crippen MR) is 101 cm³/mol. The zero-order valence-corrected chi connectivity index (χ0v) is 15.9. The molecule has 2 aromatic rings. The Bertz CT molecular complexity index is 846. The Morgan fingerprint density at radius 2 is 1.77 bits per heavy atom. The third kappa shape index (κ3) is 4.64. The Labute approximate surface area is 153 Å². The smallest absolute Gasteiger partial charge is 0.244 e. The molecule has 1 heterocycles. The normalized spacial score (nSPS) is 12.4. The number of hydrogen-bond acceptors (Lipinski definition) is 5. The second-order valence-electron chi connectivity index (χ2n) is 5.50. The largest absolute Gasteiger partial charge is 0.261 e. The molecule has 0 saturated heterocycles. The van der Waals surface area contributed by atoms with Crippen molar-refractivity contribution in [2.45, 2.75) is 32.1 Å². The van der Waals surface area contributed by atoms with Gasteiger partial charge in [0.15, 0.2) is 0 Å². The molecule has 0 saturated carbocycles. The molecule has 0 spiro atoms. The standard InChI is InChI=1S/C18H23FN4O2S/c1-4-17(14-7-9-15(19)10-8-14)21-22-18-12-11-16(13-20-18)26(24,25)23(5-2)6-3/h7-13H,4-6H2,1-3H3,(H,20,22)/b21-17+. The molecule has 0 radical (unpaired) electrons. The quantitative estimate of drug-likeness (QED) is 0.564. The predicted octanol–water partition coefficient (Wildman–Crippen LogP) is 3.48. The molecule has 0 atom stereocenters. The van der Waals surface area contributed by atoms with Crippen LogP contribution in [0, 0.1) is 5.82 Å². The molecule has 1 N–H and O–H groups in total. The lowest BCUT2D eigenvalue weighted by molar-refractivity contribution is 0.445. The Morgan fingerprint density at radius 3 is 2.27 bits per heavy atom. The van der Waals surface area contributed by atoms with Gasteiger partial charge in [-0.25, -0.2) is 17.8 Å². The zero-order chi connectivity index (χ0) is 19.2. The third-order valence-electron chi connectivity index (χ3n) is 3.90. The van der Waals surface area contributed by atoms with E-state index < -0.39 is 10.0 Å². The van der Waals surface area contributed by atoms with Crippen LogP contribution >= 0.6 is 0 Å². The average molecular weight is 378 g/mol. The van der Waals surface area contributed by atoms with Gasteiger partial charge in [0.2, 0.25) is 10.0 Å². The first-order valence-electron chi connectivity index (χ1n) is 8.47. The fraction of sp³-hybridized carbons (Fsp3) is 0.333. The average Bonchev–Trinajstić information content (AvgIpc) is 2.65. The Hall–Kier alpha value is -2.32. The molecule has 8 heteroatoms. The first-order chi connectivity index (χ1) is 12.4. The molecule has 140 valence electrons. The molecule has 0 bridgehead atoms. The van der Waals surface area contributed by atoms with Gasteiger partial charge in [0.05, 0.1) is 5.71 Å². The van der Waals surface area contributed by atoms with Gasteiger partial charge in [0.1, 0.15) is 16.5 Å². The highest BCUT2D eigenvalue weighted by Crippen LogP contribution is 2.16. The second-order valence-corrected chi connectivity index (χ2v) is 7.44. The lowest BCUT2D eigenvalue weighted by atomic mass is 10.1. The number of sulfonamides is 1. The van der Waals surface area contributed by atoms with Crippen LogP contribution in [0.3, 0.4) is 0 Å². The van der Waals surface area contributed by atoms with Gasteiger partial charge in [0.25, 0.3) is 0 Å². The lowest BCUT2D eigenvalue weighted by Crippen LogP contribution is -2.30. The van der Waals surface area contributed by atoms with E-state index >= 15 is 0 Å². The van der Waals surface area contributed by atoms with E-state index in [1.807, 2.05) is 6.92 Å². The maximum atomic E-state index is 13.0. The van der Waals surface area contributed by atoms with Gasteiger partial charge >= 0.3 is 0 Å². The summed E-state index contributed by atoms with van der Waals surface area (Å²) in [4.78, 5) is 4.27. The number of pyridine rings is 1. The van der Waals surface area contributed by atoms with Crippen LogP contribution in [-0.4, -0.2) is 36.5 Å². The van der Waals surface area contributed by atoms with Crippen molar-refractivity contribution in [3.05, 3.63) is 54.0 Å². The summed E-state index contributed by atoms with van der Waals surface area (Å²) >= 11 is 0. The van der Waals surface area contributed by atoms with E-state index in [-0.39, 0.29) is 10.7 Å². The number of aromatic nitrogens is 1. The SMILES string of the molecule is CC/C(=N\Nc1ccc(S(=O)(=O)N(CC)CC)cn1)c1ccc(F)cc1. The number of nitrogens with one attached hydrogen (secondary N) is 1. The van der Waals surface area contributed by atoms with Gasteiger partial charge in [-0.1, -0.05) is 32.9 Å². The number of nitrogens with zero attached hydrogens (tertiary/aromatic N) is 3. The van der Waals surface area contributed by atoms with Crippen LogP contribution in [-0.2, 0) is 10.0 Å². The van der Waals surface area contributed by atoms with Crippen molar-refractivity contribution in [2.24, 2.45) is 5.10 Å². The number of benzene rings is 1. The maximum Gasteiger partial charge on any atom is 0.244 e. The molecule has 1 aromatic heterocycles. The van der Waals surface area contributed by atoms with Crippen molar-refractivity contribution in [2.75, 3.05) is 18.5 Å². The van der Waals surface area contributed by atoms with Crippen LogP contribution in [0.1, 0.15) is 32.8 Å². The summed E-state index contributed by atoms with van der Waals surface area (Å²) in [5.74, 6) is 0.125.